The second-order valence-electron chi connectivity index (χ2n) is 3.79. The Morgan fingerprint density at radius 2 is 1.84 bits per heavy atom. The Kier molecular flexibility index (Phi) is 10.8. The molecule has 0 spiro atoms. The van der Waals surface area contributed by atoms with Crippen molar-refractivity contribution in [3.63, 3.8) is 0 Å². The summed E-state index contributed by atoms with van der Waals surface area (Å²) in [5, 5.41) is 6.32. The molecular weight excluding hydrogens is 373 g/mol. The molecule has 0 aliphatic rings. The van der Waals surface area contributed by atoms with Crippen molar-refractivity contribution in [3.8, 4) is 0 Å². The first-order chi connectivity index (χ1) is 8.77. The summed E-state index contributed by atoms with van der Waals surface area (Å²) in [6.07, 6.45) is 1.05. The Balaban J connectivity index is 0.00000324. The van der Waals surface area contributed by atoms with E-state index in [4.69, 9.17) is 0 Å². The molecule has 1 aromatic carbocycles. The SMILES string of the molecule is CCCNC(=NC)NCCS(=O)c1ccccc1.I. The Morgan fingerprint density at radius 3 is 2.42 bits per heavy atom. The topological polar surface area (TPSA) is 53.5 Å². The van der Waals surface area contributed by atoms with Crippen LogP contribution in [0.2, 0.25) is 0 Å². The van der Waals surface area contributed by atoms with Gasteiger partial charge in [0.1, 0.15) is 0 Å². The van der Waals surface area contributed by atoms with Crippen LogP contribution in [-0.2, 0) is 10.8 Å². The molecule has 0 fully saturated rings. The number of benzene rings is 1. The maximum absolute atomic E-state index is 11.9. The second-order valence-corrected chi connectivity index (χ2v) is 5.36. The number of halogens is 1. The van der Waals surface area contributed by atoms with Gasteiger partial charge in [-0.3, -0.25) is 9.20 Å². The van der Waals surface area contributed by atoms with Crippen LogP contribution in [0.1, 0.15) is 13.3 Å². The molecule has 0 heterocycles. The van der Waals surface area contributed by atoms with Crippen molar-refractivity contribution in [2.45, 2.75) is 18.2 Å². The summed E-state index contributed by atoms with van der Waals surface area (Å²) in [6.45, 7) is 3.64. The molecule has 1 aromatic rings. The number of rotatable bonds is 6. The molecule has 4 nitrogen and oxygen atoms in total. The molecule has 0 saturated carbocycles. The maximum Gasteiger partial charge on any atom is 0.191 e. The van der Waals surface area contributed by atoms with E-state index < -0.39 is 10.8 Å². The molecule has 0 radical (unpaired) electrons. The Bertz CT molecular complexity index is 398. The summed E-state index contributed by atoms with van der Waals surface area (Å²) >= 11 is 0. The monoisotopic (exact) mass is 395 g/mol. The highest BCUT2D eigenvalue weighted by molar-refractivity contribution is 14.0. The largest absolute Gasteiger partial charge is 0.356 e. The Morgan fingerprint density at radius 1 is 1.21 bits per heavy atom. The molecular formula is C13H22IN3OS. The minimum absolute atomic E-state index is 0. The smallest absolute Gasteiger partial charge is 0.191 e. The lowest BCUT2D eigenvalue weighted by Gasteiger charge is -2.10. The van der Waals surface area contributed by atoms with Crippen molar-refractivity contribution in [2.75, 3.05) is 25.9 Å². The summed E-state index contributed by atoms with van der Waals surface area (Å²) in [4.78, 5) is 4.96. The van der Waals surface area contributed by atoms with Gasteiger partial charge in [-0.2, -0.15) is 0 Å². The van der Waals surface area contributed by atoms with Crippen molar-refractivity contribution in [3.05, 3.63) is 30.3 Å². The van der Waals surface area contributed by atoms with Gasteiger partial charge in [0.25, 0.3) is 0 Å². The lowest BCUT2D eigenvalue weighted by atomic mass is 10.4. The van der Waals surface area contributed by atoms with Crippen LogP contribution in [0, 0.1) is 0 Å². The number of nitrogens with one attached hydrogen (secondary N) is 2. The molecule has 0 saturated heterocycles. The lowest BCUT2D eigenvalue weighted by Crippen LogP contribution is -2.39. The van der Waals surface area contributed by atoms with Gasteiger partial charge in [0, 0.05) is 30.8 Å². The number of aliphatic imine (C=N–C) groups is 1. The molecule has 0 aromatic heterocycles. The van der Waals surface area contributed by atoms with Crippen LogP contribution in [-0.4, -0.2) is 36.1 Å². The van der Waals surface area contributed by atoms with Crippen LogP contribution in [0.25, 0.3) is 0 Å². The van der Waals surface area contributed by atoms with E-state index in [-0.39, 0.29) is 24.0 Å². The predicted molar refractivity (Wildman–Crippen MR) is 92.8 cm³/mol. The van der Waals surface area contributed by atoms with Crippen molar-refractivity contribution in [1.29, 1.82) is 0 Å². The standard InChI is InChI=1S/C13H21N3OS.HI/c1-3-9-15-13(14-2)16-10-11-18(17)12-7-5-4-6-8-12;/h4-8H,3,9-11H2,1-2H3,(H2,14,15,16);1H. The summed E-state index contributed by atoms with van der Waals surface area (Å²) in [6, 6.07) is 9.51. The van der Waals surface area contributed by atoms with Gasteiger partial charge in [-0.05, 0) is 18.6 Å². The van der Waals surface area contributed by atoms with Gasteiger partial charge in [0.15, 0.2) is 5.96 Å². The summed E-state index contributed by atoms with van der Waals surface area (Å²) in [5.74, 6) is 1.35. The van der Waals surface area contributed by atoms with E-state index in [2.05, 4.69) is 22.5 Å². The number of hydrogen-bond donors (Lipinski definition) is 2. The highest BCUT2D eigenvalue weighted by Gasteiger charge is 2.03. The molecule has 19 heavy (non-hydrogen) atoms. The van der Waals surface area contributed by atoms with Gasteiger partial charge < -0.3 is 10.6 Å². The molecule has 0 amide bonds. The zero-order chi connectivity index (χ0) is 13.2. The van der Waals surface area contributed by atoms with E-state index in [0.29, 0.717) is 12.3 Å². The highest BCUT2D eigenvalue weighted by Crippen LogP contribution is 2.04. The third-order valence-electron chi connectivity index (χ3n) is 2.35. The fraction of sp³-hybridized carbons (Fsp3) is 0.462. The number of nitrogens with zero attached hydrogens (tertiary/aromatic N) is 1. The quantitative estimate of drug-likeness (QED) is 0.440. The van der Waals surface area contributed by atoms with Crippen LogP contribution < -0.4 is 10.6 Å². The van der Waals surface area contributed by atoms with Crippen molar-refractivity contribution < 1.29 is 4.21 Å². The van der Waals surface area contributed by atoms with E-state index in [0.717, 1.165) is 23.8 Å². The normalized spacial score (nSPS) is 12.4. The molecule has 1 unspecified atom stereocenters. The zero-order valence-corrected chi connectivity index (χ0v) is 14.5. The van der Waals surface area contributed by atoms with E-state index in [9.17, 15) is 4.21 Å². The molecule has 0 aliphatic heterocycles. The zero-order valence-electron chi connectivity index (χ0n) is 11.4. The van der Waals surface area contributed by atoms with Crippen LogP contribution in [0.15, 0.2) is 40.2 Å². The van der Waals surface area contributed by atoms with Gasteiger partial charge in [-0.1, -0.05) is 25.1 Å². The molecule has 2 N–H and O–H groups in total. The van der Waals surface area contributed by atoms with E-state index >= 15 is 0 Å². The molecule has 1 atom stereocenters. The fourth-order valence-electron chi connectivity index (χ4n) is 1.42. The van der Waals surface area contributed by atoms with Crippen molar-refractivity contribution in [1.82, 2.24) is 10.6 Å². The molecule has 108 valence electrons. The minimum Gasteiger partial charge on any atom is -0.356 e. The summed E-state index contributed by atoms with van der Waals surface area (Å²) in [5.41, 5.74) is 0. The minimum atomic E-state index is -0.953. The number of guanidine groups is 1. The first-order valence-electron chi connectivity index (χ1n) is 6.16. The van der Waals surface area contributed by atoms with Gasteiger partial charge in [-0.25, -0.2) is 0 Å². The van der Waals surface area contributed by atoms with Gasteiger partial charge in [-0.15, -0.1) is 24.0 Å². The number of hydrogen-bond acceptors (Lipinski definition) is 2. The van der Waals surface area contributed by atoms with Crippen LogP contribution in [0.5, 0.6) is 0 Å². The molecule has 1 rings (SSSR count). The van der Waals surface area contributed by atoms with Crippen molar-refractivity contribution >= 4 is 40.7 Å². The van der Waals surface area contributed by atoms with Crippen LogP contribution >= 0.6 is 24.0 Å². The van der Waals surface area contributed by atoms with Crippen molar-refractivity contribution in [2.24, 2.45) is 4.99 Å². The predicted octanol–water partition coefficient (Wildman–Crippen LogP) is 1.99. The van der Waals surface area contributed by atoms with E-state index in [1.165, 1.54) is 0 Å². The van der Waals surface area contributed by atoms with Gasteiger partial charge >= 0.3 is 0 Å². The van der Waals surface area contributed by atoms with E-state index in [1.54, 1.807) is 7.05 Å². The molecule has 6 heteroatoms. The summed E-state index contributed by atoms with van der Waals surface area (Å²) < 4.78 is 11.9. The Hall–Kier alpha value is -0.630. The molecule has 0 bridgehead atoms. The average molecular weight is 395 g/mol. The Labute approximate surface area is 134 Å². The maximum atomic E-state index is 11.9. The highest BCUT2D eigenvalue weighted by atomic mass is 127. The van der Waals surface area contributed by atoms with Crippen LogP contribution in [0.3, 0.4) is 0 Å². The summed E-state index contributed by atoms with van der Waals surface area (Å²) in [7, 11) is 0.782. The van der Waals surface area contributed by atoms with E-state index in [1.807, 2.05) is 30.3 Å². The lowest BCUT2D eigenvalue weighted by molar-refractivity contribution is 0.681. The third kappa shape index (κ3) is 7.51. The first-order valence-corrected chi connectivity index (χ1v) is 7.47. The second kappa shape index (κ2) is 11.2. The molecule has 0 aliphatic carbocycles. The third-order valence-corrected chi connectivity index (χ3v) is 3.72. The van der Waals surface area contributed by atoms with Gasteiger partial charge in [0.2, 0.25) is 0 Å². The average Bonchev–Trinajstić information content (AvgIpc) is 2.43. The van der Waals surface area contributed by atoms with Crippen LogP contribution in [0.4, 0.5) is 0 Å². The fourth-order valence-corrected chi connectivity index (χ4v) is 2.40. The van der Waals surface area contributed by atoms with Gasteiger partial charge in [0.05, 0.1) is 10.8 Å². The first kappa shape index (κ1) is 18.4.